The minimum absolute atomic E-state index is 0.0416. The number of carbonyl (C=O) groups is 2. The molecule has 1 N–H and O–H groups in total. The summed E-state index contributed by atoms with van der Waals surface area (Å²) in [4.78, 5) is 23.2. The third-order valence-corrected chi connectivity index (χ3v) is 3.45. The summed E-state index contributed by atoms with van der Waals surface area (Å²) in [5.41, 5.74) is 2.14. The Morgan fingerprint density at radius 1 is 0.955 bits per heavy atom. The van der Waals surface area contributed by atoms with Crippen molar-refractivity contribution in [3.05, 3.63) is 71.8 Å². The maximum Gasteiger partial charge on any atom is 0.325 e. The molecule has 0 aliphatic rings. The summed E-state index contributed by atoms with van der Waals surface area (Å²) in [5.74, 6) is -0.674. The molecular formula is C18H19NO3. The minimum Gasteiger partial charge on any atom is -0.468 e. The summed E-state index contributed by atoms with van der Waals surface area (Å²) in [7, 11) is 1.30. The molecular weight excluding hydrogens is 278 g/mol. The van der Waals surface area contributed by atoms with E-state index >= 15 is 0 Å². The third kappa shape index (κ3) is 4.45. The zero-order valence-electron chi connectivity index (χ0n) is 12.5. The van der Waals surface area contributed by atoms with Gasteiger partial charge in [0.05, 0.1) is 7.11 Å². The van der Waals surface area contributed by atoms with Gasteiger partial charge < -0.3 is 10.1 Å². The van der Waals surface area contributed by atoms with Crippen LogP contribution in [0.4, 0.5) is 0 Å². The monoisotopic (exact) mass is 297 g/mol. The zero-order valence-corrected chi connectivity index (χ0v) is 12.5. The van der Waals surface area contributed by atoms with Crippen LogP contribution < -0.4 is 5.32 Å². The lowest BCUT2D eigenvalue weighted by Crippen LogP contribution is -2.31. The van der Waals surface area contributed by atoms with E-state index in [1.165, 1.54) is 7.11 Å². The van der Waals surface area contributed by atoms with Gasteiger partial charge in [-0.3, -0.25) is 9.59 Å². The number of nitrogens with one attached hydrogen (secondary N) is 1. The fourth-order valence-corrected chi connectivity index (χ4v) is 2.30. The van der Waals surface area contributed by atoms with E-state index in [0.717, 1.165) is 11.1 Å². The van der Waals surface area contributed by atoms with Gasteiger partial charge in [0.25, 0.3) is 0 Å². The number of esters is 1. The summed E-state index contributed by atoms with van der Waals surface area (Å²) in [6, 6.07) is 19.7. The van der Waals surface area contributed by atoms with Crippen LogP contribution in [0.15, 0.2) is 60.7 Å². The van der Waals surface area contributed by atoms with E-state index in [4.69, 9.17) is 0 Å². The number of rotatable bonds is 6. The molecule has 0 saturated carbocycles. The van der Waals surface area contributed by atoms with E-state index in [-0.39, 0.29) is 24.8 Å². The van der Waals surface area contributed by atoms with Crippen LogP contribution in [0.1, 0.15) is 23.5 Å². The van der Waals surface area contributed by atoms with Crippen molar-refractivity contribution >= 4 is 11.9 Å². The summed E-state index contributed by atoms with van der Waals surface area (Å²) in [6.45, 7) is -0.106. The van der Waals surface area contributed by atoms with E-state index in [1.807, 2.05) is 60.7 Å². The number of carbonyl (C=O) groups excluding carboxylic acids is 2. The Morgan fingerprint density at radius 2 is 1.45 bits per heavy atom. The van der Waals surface area contributed by atoms with E-state index in [9.17, 15) is 9.59 Å². The van der Waals surface area contributed by atoms with Crippen molar-refractivity contribution in [1.82, 2.24) is 5.32 Å². The molecule has 0 heterocycles. The second-order valence-electron chi connectivity index (χ2n) is 4.93. The normalized spacial score (nSPS) is 10.3. The Morgan fingerprint density at radius 3 is 1.91 bits per heavy atom. The van der Waals surface area contributed by atoms with Gasteiger partial charge in [-0.15, -0.1) is 0 Å². The molecule has 0 spiro atoms. The number of amides is 1. The quantitative estimate of drug-likeness (QED) is 0.833. The van der Waals surface area contributed by atoms with Gasteiger partial charge in [0.2, 0.25) is 5.91 Å². The summed E-state index contributed by atoms with van der Waals surface area (Å²) in [6.07, 6.45) is 0.283. The average Bonchev–Trinajstić information content (AvgIpc) is 2.59. The molecule has 0 aromatic heterocycles. The SMILES string of the molecule is COC(=O)CNC(=O)CC(c1ccccc1)c1ccccc1. The molecule has 0 bridgehead atoms. The summed E-state index contributed by atoms with van der Waals surface area (Å²) in [5, 5.41) is 2.59. The van der Waals surface area contributed by atoms with Crippen molar-refractivity contribution < 1.29 is 14.3 Å². The zero-order chi connectivity index (χ0) is 15.8. The first-order valence-electron chi connectivity index (χ1n) is 7.14. The van der Waals surface area contributed by atoms with E-state index < -0.39 is 5.97 Å². The first-order valence-corrected chi connectivity index (χ1v) is 7.14. The van der Waals surface area contributed by atoms with E-state index in [2.05, 4.69) is 10.1 Å². The lowest BCUT2D eigenvalue weighted by molar-refractivity contribution is -0.141. The van der Waals surface area contributed by atoms with Crippen molar-refractivity contribution in [2.45, 2.75) is 12.3 Å². The van der Waals surface area contributed by atoms with Crippen molar-refractivity contribution in [2.24, 2.45) is 0 Å². The van der Waals surface area contributed by atoms with Gasteiger partial charge in [-0.05, 0) is 11.1 Å². The summed E-state index contributed by atoms with van der Waals surface area (Å²) >= 11 is 0. The highest BCUT2D eigenvalue weighted by molar-refractivity contribution is 5.82. The lowest BCUT2D eigenvalue weighted by atomic mass is 9.88. The molecule has 0 fully saturated rings. The maximum atomic E-state index is 12.1. The minimum atomic E-state index is -0.454. The lowest BCUT2D eigenvalue weighted by Gasteiger charge is -2.17. The smallest absolute Gasteiger partial charge is 0.325 e. The number of benzene rings is 2. The van der Waals surface area contributed by atoms with Crippen LogP contribution in [0.25, 0.3) is 0 Å². The van der Waals surface area contributed by atoms with Gasteiger partial charge in [0.15, 0.2) is 0 Å². The van der Waals surface area contributed by atoms with Crippen molar-refractivity contribution in [1.29, 1.82) is 0 Å². The molecule has 0 unspecified atom stereocenters. The standard InChI is InChI=1S/C18H19NO3/c1-22-18(21)13-19-17(20)12-16(14-8-4-2-5-9-14)15-10-6-3-7-11-15/h2-11,16H,12-13H2,1H3,(H,19,20). The molecule has 0 saturated heterocycles. The number of methoxy groups -OCH3 is 1. The van der Waals surface area contributed by atoms with Crippen LogP contribution in [-0.2, 0) is 14.3 Å². The molecule has 0 atom stereocenters. The highest BCUT2D eigenvalue weighted by Crippen LogP contribution is 2.27. The van der Waals surface area contributed by atoms with Crippen molar-refractivity contribution in [3.8, 4) is 0 Å². The molecule has 0 aliphatic heterocycles. The molecule has 2 rings (SSSR count). The maximum absolute atomic E-state index is 12.1. The van der Waals surface area contributed by atoms with Gasteiger partial charge in [-0.2, -0.15) is 0 Å². The van der Waals surface area contributed by atoms with Crippen LogP contribution in [0, 0.1) is 0 Å². The molecule has 114 valence electrons. The molecule has 4 heteroatoms. The molecule has 2 aromatic rings. The largest absolute Gasteiger partial charge is 0.468 e. The fourth-order valence-electron chi connectivity index (χ4n) is 2.30. The number of ether oxygens (including phenoxy) is 1. The number of hydrogen-bond donors (Lipinski definition) is 1. The van der Waals surface area contributed by atoms with Crippen LogP contribution in [-0.4, -0.2) is 25.5 Å². The Kier molecular flexibility index (Phi) is 5.72. The van der Waals surface area contributed by atoms with Crippen molar-refractivity contribution in [3.63, 3.8) is 0 Å². The molecule has 22 heavy (non-hydrogen) atoms. The van der Waals surface area contributed by atoms with Crippen LogP contribution in [0.5, 0.6) is 0 Å². The Hall–Kier alpha value is -2.62. The Balaban J connectivity index is 2.12. The fraction of sp³-hybridized carbons (Fsp3) is 0.222. The van der Waals surface area contributed by atoms with Crippen LogP contribution in [0.2, 0.25) is 0 Å². The number of hydrogen-bond acceptors (Lipinski definition) is 3. The second-order valence-corrected chi connectivity index (χ2v) is 4.93. The van der Waals surface area contributed by atoms with Gasteiger partial charge >= 0.3 is 5.97 Å². The van der Waals surface area contributed by atoms with Crippen LogP contribution >= 0.6 is 0 Å². The third-order valence-electron chi connectivity index (χ3n) is 3.45. The first kappa shape index (κ1) is 15.8. The van der Waals surface area contributed by atoms with Gasteiger partial charge in [0.1, 0.15) is 6.54 Å². The van der Waals surface area contributed by atoms with Gasteiger partial charge in [-0.25, -0.2) is 0 Å². The Bertz CT molecular complexity index is 571. The second kappa shape index (κ2) is 7.98. The van der Waals surface area contributed by atoms with E-state index in [0.29, 0.717) is 0 Å². The molecule has 2 aromatic carbocycles. The summed E-state index contributed by atoms with van der Waals surface area (Å²) < 4.78 is 4.52. The van der Waals surface area contributed by atoms with Crippen molar-refractivity contribution in [2.75, 3.05) is 13.7 Å². The molecule has 0 aliphatic carbocycles. The molecule has 0 radical (unpaired) electrons. The highest BCUT2D eigenvalue weighted by Gasteiger charge is 2.18. The molecule has 1 amide bonds. The Labute approximate surface area is 130 Å². The van der Waals surface area contributed by atoms with Gasteiger partial charge in [-0.1, -0.05) is 60.7 Å². The predicted molar refractivity (Wildman–Crippen MR) is 84.4 cm³/mol. The predicted octanol–water partition coefficient (Wildman–Crippen LogP) is 2.50. The van der Waals surface area contributed by atoms with E-state index in [1.54, 1.807) is 0 Å². The first-order chi connectivity index (χ1) is 10.7. The molecule has 4 nitrogen and oxygen atoms in total. The topological polar surface area (TPSA) is 55.4 Å². The highest BCUT2D eigenvalue weighted by atomic mass is 16.5. The van der Waals surface area contributed by atoms with Crippen LogP contribution in [0.3, 0.4) is 0 Å². The average molecular weight is 297 g/mol. The van der Waals surface area contributed by atoms with Gasteiger partial charge in [0, 0.05) is 12.3 Å².